The highest BCUT2D eigenvalue weighted by molar-refractivity contribution is 5.99. The van der Waals surface area contributed by atoms with Gasteiger partial charge in [-0.05, 0) is 55.2 Å². The molecule has 2 heterocycles. The first-order valence-electron chi connectivity index (χ1n) is 9.74. The zero-order chi connectivity index (χ0) is 21.6. The van der Waals surface area contributed by atoms with Gasteiger partial charge in [-0.3, -0.25) is 9.59 Å². The number of fused-ring (bicyclic) bond motifs is 2. The molecule has 7 nitrogen and oxygen atoms in total. The van der Waals surface area contributed by atoms with Gasteiger partial charge in [0.05, 0.1) is 24.1 Å². The SMILES string of the molecule is COc1cc([C@@H]2c3c(oc4c(C)cc(C)cc4c3=O)C(=O)N2CCCO)ccc1O. The molecule has 1 amide bonds. The summed E-state index contributed by atoms with van der Waals surface area (Å²) in [6.07, 6.45) is 0.358. The maximum absolute atomic E-state index is 13.5. The van der Waals surface area contributed by atoms with Gasteiger partial charge in [-0.25, -0.2) is 0 Å². The summed E-state index contributed by atoms with van der Waals surface area (Å²) >= 11 is 0. The minimum absolute atomic E-state index is 0.0226. The van der Waals surface area contributed by atoms with E-state index in [-0.39, 0.29) is 41.4 Å². The molecule has 0 fully saturated rings. The van der Waals surface area contributed by atoms with E-state index in [1.165, 1.54) is 18.1 Å². The van der Waals surface area contributed by atoms with Crippen molar-refractivity contribution in [3.8, 4) is 11.5 Å². The fourth-order valence-corrected chi connectivity index (χ4v) is 4.16. The van der Waals surface area contributed by atoms with E-state index in [0.29, 0.717) is 23.0 Å². The lowest BCUT2D eigenvalue weighted by Gasteiger charge is -2.25. The van der Waals surface area contributed by atoms with Crippen molar-refractivity contribution in [1.82, 2.24) is 4.90 Å². The largest absolute Gasteiger partial charge is 0.504 e. The number of hydrogen-bond donors (Lipinski definition) is 2. The Labute approximate surface area is 173 Å². The molecule has 0 saturated heterocycles. The zero-order valence-corrected chi connectivity index (χ0v) is 17.1. The van der Waals surface area contributed by atoms with Crippen LogP contribution < -0.4 is 10.2 Å². The Balaban J connectivity index is 2.00. The number of rotatable bonds is 5. The Bertz CT molecular complexity index is 1210. The van der Waals surface area contributed by atoms with Gasteiger partial charge in [0.15, 0.2) is 16.9 Å². The third-order valence-corrected chi connectivity index (χ3v) is 5.47. The van der Waals surface area contributed by atoms with Crippen LogP contribution in [0.1, 0.15) is 45.3 Å². The van der Waals surface area contributed by atoms with E-state index < -0.39 is 11.9 Å². The highest BCUT2D eigenvalue weighted by atomic mass is 16.5. The number of carbonyl (C=O) groups is 1. The first-order valence-corrected chi connectivity index (χ1v) is 9.74. The Morgan fingerprint density at radius 3 is 2.63 bits per heavy atom. The van der Waals surface area contributed by atoms with Crippen molar-refractivity contribution in [1.29, 1.82) is 0 Å². The van der Waals surface area contributed by atoms with Crippen LogP contribution in [0.5, 0.6) is 11.5 Å². The monoisotopic (exact) mass is 409 g/mol. The molecule has 0 unspecified atom stereocenters. The van der Waals surface area contributed by atoms with Crippen molar-refractivity contribution >= 4 is 16.9 Å². The van der Waals surface area contributed by atoms with Crippen LogP contribution in [0, 0.1) is 13.8 Å². The molecule has 0 radical (unpaired) electrons. The second-order valence-electron chi connectivity index (χ2n) is 7.54. The number of amides is 1. The number of methoxy groups -OCH3 is 1. The topological polar surface area (TPSA) is 100 Å². The van der Waals surface area contributed by atoms with Gasteiger partial charge in [-0.15, -0.1) is 0 Å². The van der Waals surface area contributed by atoms with E-state index in [1.807, 2.05) is 19.9 Å². The molecule has 1 aliphatic heterocycles. The van der Waals surface area contributed by atoms with Gasteiger partial charge in [0.2, 0.25) is 5.76 Å². The van der Waals surface area contributed by atoms with Crippen LogP contribution in [0.15, 0.2) is 39.5 Å². The number of nitrogens with zero attached hydrogens (tertiary/aromatic N) is 1. The maximum atomic E-state index is 13.5. The number of aliphatic hydroxyl groups excluding tert-OH is 1. The van der Waals surface area contributed by atoms with E-state index in [9.17, 15) is 19.8 Å². The number of hydrogen-bond acceptors (Lipinski definition) is 6. The van der Waals surface area contributed by atoms with Crippen LogP contribution >= 0.6 is 0 Å². The first kappa shape index (κ1) is 20.0. The molecule has 30 heavy (non-hydrogen) atoms. The highest BCUT2D eigenvalue weighted by Gasteiger charge is 2.42. The molecule has 0 bridgehead atoms. The Morgan fingerprint density at radius 2 is 1.93 bits per heavy atom. The molecule has 0 spiro atoms. The summed E-state index contributed by atoms with van der Waals surface area (Å²) in [7, 11) is 1.43. The molecule has 0 aliphatic carbocycles. The molecule has 1 atom stereocenters. The molecule has 1 aromatic heterocycles. The van der Waals surface area contributed by atoms with Crippen molar-refractivity contribution in [2.75, 3.05) is 20.3 Å². The highest BCUT2D eigenvalue weighted by Crippen LogP contribution is 2.41. The van der Waals surface area contributed by atoms with Crippen LogP contribution in [0.25, 0.3) is 11.0 Å². The van der Waals surface area contributed by atoms with E-state index in [4.69, 9.17) is 9.15 Å². The van der Waals surface area contributed by atoms with Crippen LogP contribution in [-0.4, -0.2) is 41.3 Å². The fourth-order valence-electron chi connectivity index (χ4n) is 4.16. The summed E-state index contributed by atoms with van der Waals surface area (Å²) in [5.41, 5.74) is 2.75. The van der Waals surface area contributed by atoms with Crippen molar-refractivity contribution in [2.24, 2.45) is 0 Å². The van der Waals surface area contributed by atoms with Crippen LogP contribution in [0.3, 0.4) is 0 Å². The van der Waals surface area contributed by atoms with Crippen LogP contribution in [0.4, 0.5) is 0 Å². The molecule has 3 aromatic rings. The normalized spacial score (nSPS) is 15.7. The van der Waals surface area contributed by atoms with Crippen molar-refractivity contribution in [3.05, 3.63) is 68.6 Å². The lowest BCUT2D eigenvalue weighted by atomic mass is 9.97. The van der Waals surface area contributed by atoms with Crippen molar-refractivity contribution in [2.45, 2.75) is 26.3 Å². The number of phenolic OH excluding ortho intramolecular Hbond substituents is 1. The van der Waals surface area contributed by atoms with Crippen LogP contribution in [-0.2, 0) is 0 Å². The number of aliphatic hydroxyl groups is 1. The Morgan fingerprint density at radius 1 is 1.17 bits per heavy atom. The standard InChI is InChI=1S/C23H23NO6/c1-12-9-13(2)21-15(10-12)20(27)18-19(14-5-6-16(26)17(11-14)29-3)24(7-4-8-25)23(28)22(18)30-21/h5-6,9-11,19,25-26H,4,7-8H2,1-3H3/t19-/m1/s1. The van der Waals surface area contributed by atoms with Crippen molar-refractivity contribution < 1.29 is 24.2 Å². The number of aryl methyl sites for hydroxylation is 2. The number of ether oxygens (including phenoxy) is 1. The second-order valence-corrected chi connectivity index (χ2v) is 7.54. The lowest BCUT2D eigenvalue weighted by molar-refractivity contribution is 0.0716. The van der Waals surface area contributed by atoms with Gasteiger partial charge in [0.1, 0.15) is 5.58 Å². The number of benzene rings is 2. The molecular weight excluding hydrogens is 386 g/mol. The van der Waals surface area contributed by atoms with E-state index in [0.717, 1.165) is 11.1 Å². The summed E-state index contributed by atoms with van der Waals surface area (Å²) in [6, 6.07) is 7.71. The number of phenols is 1. The summed E-state index contributed by atoms with van der Waals surface area (Å²) < 4.78 is 11.2. The Hall–Kier alpha value is -3.32. The van der Waals surface area contributed by atoms with Gasteiger partial charge in [-0.1, -0.05) is 12.1 Å². The van der Waals surface area contributed by atoms with Gasteiger partial charge in [-0.2, -0.15) is 0 Å². The molecule has 0 saturated carbocycles. The first-order chi connectivity index (χ1) is 14.4. The van der Waals surface area contributed by atoms with E-state index in [1.54, 1.807) is 18.2 Å². The number of carbonyl (C=O) groups excluding carboxylic acids is 1. The summed E-state index contributed by atoms with van der Waals surface area (Å²) in [6.45, 7) is 3.91. The predicted molar refractivity (Wildman–Crippen MR) is 111 cm³/mol. The Kier molecular flexibility index (Phi) is 4.99. The van der Waals surface area contributed by atoms with Gasteiger partial charge in [0.25, 0.3) is 5.91 Å². The molecule has 4 rings (SSSR count). The van der Waals surface area contributed by atoms with Gasteiger partial charge in [0, 0.05) is 13.2 Å². The lowest BCUT2D eigenvalue weighted by Crippen LogP contribution is -2.31. The third kappa shape index (κ3) is 3.02. The quantitative estimate of drug-likeness (QED) is 0.672. The van der Waals surface area contributed by atoms with E-state index >= 15 is 0 Å². The smallest absolute Gasteiger partial charge is 0.290 e. The summed E-state index contributed by atoms with van der Waals surface area (Å²) in [5, 5.41) is 19.7. The van der Waals surface area contributed by atoms with Gasteiger partial charge < -0.3 is 24.3 Å². The zero-order valence-electron chi connectivity index (χ0n) is 17.1. The molecule has 156 valence electrons. The minimum atomic E-state index is -0.699. The summed E-state index contributed by atoms with van der Waals surface area (Å²) in [4.78, 5) is 28.3. The van der Waals surface area contributed by atoms with Crippen LogP contribution in [0.2, 0.25) is 0 Å². The maximum Gasteiger partial charge on any atom is 0.290 e. The van der Waals surface area contributed by atoms with E-state index in [2.05, 4.69) is 0 Å². The summed E-state index contributed by atoms with van der Waals surface area (Å²) in [5.74, 6) is -0.166. The van der Waals surface area contributed by atoms with Crippen molar-refractivity contribution in [3.63, 3.8) is 0 Å². The second kappa shape index (κ2) is 7.50. The predicted octanol–water partition coefficient (Wildman–Crippen LogP) is 3.05. The fraction of sp³-hybridized carbons (Fsp3) is 0.304. The third-order valence-electron chi connectivity index (χ3n) is 5.47. The number of aromatic hydroxyl groups is 1. The van der Waals surface area contributed by atoms with Gasteiger partial charge >= 0.3 is 0 Å². The molecule has 7 heteroatoms. The molecule has 2 N–H and O–H groups in total. The average Bonchev–Trinajstić information content (AvgIpc) is 3.00. The average molecular weight is 409 g/mol. The minimum Gasteiger partial charge on any atom is -0.504 e. The molecule has 1 aliphatic rings. The molecule has 2 aromatic carbocycles. The molecular formula is C23H23NO6.